The maximum absolute atomic E-state index is 13.9. The number of thiazole rings is 1. The summed E-state index contributed by atoms with van der Waals surface area (Å²) >= 11 is 1.27. The first-order valence-electron chi connectivity index (χ1n) is 6.99. The number of rotatable bonds is 4. The summed E-state index contributed by atoms with van der Waals surface area (Å²) in [7, 11) is 0. The summed E-state index contributed by atoms with van der Waals surface area (Å²) in [6.07, 6.45) is -3.97. The van der Waals surface area contributed by atoms with Crippen LogP contribution in [0, 0.1) is 12.7 Å². The fourth-order valence-electron chi connectivity index (χ4n) is 2.26. The molecule has 1 heterocycles. The number of aryl methyl sites for hydroxylation is 1. The lowest BCUT2D eigenvalue weighted by Gasteiger charge is -2.13. The van der Waals surface area contributed by atoms with Gasteiger partial charge in [0.25, 0.3) is 0 Å². The van der Waals surface area contributed by atoms with Crippen molar-refractivity contribution in [3.8, 4) is 11.3 Å². The molecule has 0 N–H and O–H groups in total. The van der Waals surface area contributed by atoms with Crippen LogP contribution < -0.4 is 0 Å². The van der Waals surface area contributed by atoms with E-state index in [1.165, 1.54) is 18.3 Å². The number of hydrogen-bond acceptors (Lipinski definition) is 3. The molecule has 0 unspecified atom stereocenters. The lowest BCUT2D eigenvalue weighted by molar-refractivity contribution is -0.138. The predicted molar refractivity (Wildman–Crippen MR) is 81.0 cm³/mol. The third-order valence-electron chi connectivity index (χ3n) is 3.39. The van der Waals surface area contributed by atoms with Gasteiger partial charge in [0, 0.05) is 10.4 Å². The number of aromatic nitrogens is 1. The lowest BCUT2D eigenvalue weighted by atomic mass is 10.0. The molecule has 124 valence electrons. The molecule has 0 bridgehead atoms. The van der Waals surface area contributed by atoms with Crippen LogP contribution in [0.2, 0.25) is 0 Å². The van der Waals surface area contributed by atoms with Crippen LogP contribution in [0.15, 0.2) is 12.1 Å². The Bertz CT molecular complexity index is 749. The van der Waals surface area contributed by atoms with Crippen LogP contribution in [-0.4, -0.2) is 10.8 Å². The van der Waals surface area contributed by atoms with Crippen LogP contribution in [0.25, 0.3) is 11.3 Å². The van der Waals surface area contributed by atoms with Crippen LogP contribution in [0.4, 0.5) is 17.6 Å². The van der Waals surface area contributed by atoms with Crippen molar-refractivity contribution in [2.45, 2.75) is 39.8 Å². The molecule has 0 fully saturated rings. The first-order valence-corrected chi connectivity index (χ1v) is 7.80. The van der Waals surface area contributed by atoms with Crippen molar-refractivity contribution in [2.75, 3.05) is 0 Å². The average Bonchev–Trinajstić information content (AvgIpc) is 2.82. The SMILES string of the molecule is CCc1sc(CC(C)=O)nc1-c1cc(F)c(C)c(C(F)(F)F)c1. The summed E-state index contributed by atoms with van der Waals surface area (Å²) in [5.74, 6) is -1.00. The summed E-state index contributed by atoms with van der Waals surface area (Å²) in [6, 6.07) is 1.99. The normalized spacial score (nSPS) is 11.8. The van der Waals surface area contributed by atoms with Crippen molar-refractivity contribution in [1.29, 1.82) is 0 Å². The van der Waals surface area contributed by atoms with Gasteiger partial charge in [-0.1, -0.05) is 6.92 Å². The summed E-state index contributed by atoms with van der Waals surface area (Å²) in [5, 5.41) is 0.527. The molecule has 23 heavy (non-hydrogen) atoms. The molecule has 0 radical (unpaired) electrons. The highest BCUT2D eigenvalue weighted by molar-refractivity contribution is 7.12. The van der Waals surface area contributed by atoms with Gasteiger partial charge < -0.3 is 0 Å². The Balaban J connectivity index is 2.60. The van der Waals surface area contributed by atoms with E-state index >= 15 is 0 Å². The summed E-state index contributed by atoms with van der Waals surface area (Å²) < 4.78 is 53.1. The van der Waals surface area contributed by atoms with Gasteiger partial charge in [0.2, 0.25) is 0 Å². The molecule has 0 atom stereocenters. The Labute approximate surface area is 135 Å². The summed E-state index contributed by atoms with van der Waals surface area (Å²) in [4.78, 5) is 16.2. The molecule has 2 nitrogen and oxygen atoms in total. The van der Waals surface area contributed by atoms with Crippen molar-refractivity contribution in [3.05, 3.63) is 39.0 Å². The topological polar surface area (TPSA) is 30.0 Å². The van der Waals surface area contributed by atoms with Gasteiger partial charge in [0.15, 0.2) is 0 Å². The Morgan fingerprint density at radius 2 is 1.96 bits per heavy atom. The third kappa shape index (κ3) is 3.77. The fraction of sp³-hybridized carbons (Fsp3) is 0.375. The number of carbonyl (C=O) groups excluding carboxylic acids is 1. The highest BCUT2D eigenvalue weighted by Gasteiger charge is 2.34. The van der Waals surface area contributed by atoms with Gasteiger partial charge in [-0.15, -0.1) is 11.3 Å². The van der Waals surface area contributed by atoms with E-state index in [1.807, 2.05) is 6.92 Å². The Morgan fingerprint density at radius 1 is 1.30 bits per heavy atom. The van der Waals surface area contributed by atoms with Crippen LogP contribution in [0.1, 0.15) is 34.9 Å². The van der Waals surface area contributed by atoms with Gasteiger partial charge in [0.1, 0.15) is 16.6 Å². The monoisotopic (exact) mass is 345 g/mol. The minimum atomic E-state index is -4.63. The molecule has 1 aromatic heterocycles. The number of alkyl halides is 3. The van der Waals surface area contributed by atoms with E-state index in [-0.39, 0.29) is 17.8 Å². The molecule has 0 amide bonds. The maximum atomic E-state index is 13.9. The molecule has 0 aliphatic carbocycles. The quantitative estimate of drug-likeness (QED) is 0.732. The highest BCUT2D eigenvalue weighted by atomic mass is 32.1. The molecule has 1 aromatic carbocycles. The fourth-order valence-corrected chi connectivity index (χ4v) is 3.37. The minimum absolute atomic E-state index is 0.0842. The third-order valence-corrected chi connectivity index (χ3v) is 4.59. The number of hydrogen-bond donors (Lipinski definition) is 0. The van der Waals surface area contributed by atoms with E-state index in [1.54, 1.807) is 0 Å². The van der Waals surface area contributed by atoms with Crippen LogP contribution in [0.3, 0.4) is 0 Å². The van der Waals surface area contributed by atoms with Gasteiger partial charge in [-0.05, 0) is 38.0 Å². The van der Waals surface area contributed by atoms with Crippen molar-refractivity contribution in [2.24, 2.45) is 0 Å². The maximum Gasteiger partial charge on any atom is 0.416 e. The Hall–Kier alpha value is -1.76. The summed E-state index contributed by atoms with van der Waals surface area (Å²) in [6.45, 7) is 4.36. The van der Waals surface area contributed by atoms with Gasteiger partial charge in [-0.25, -0.2) is 9.37 Å². The smallest absolute Gasteiger partial charge is 0.300 e. The second-order valence-electron chi connectivity index (χ2n) is 5.24. The van der Waals surface area contributed by atoms with E-state index < -0.39 is 23.1 Å². The van der Waals surface area contributed by atoms with E-state index in [4.69, 9.17) is 0 Å². The number of benzene rings is 1. The van der Waals surface area contributed by atoms with Gasteiger partial charge in [-0.2, -0.15) is 13.2 Å². The largest absolute Gasteiger partial charge is 0.416 e. The van der Waals surface area contributed by atoms with Gasteiger partial charge >= 0.3 is 6.18 Å². The molecule has 0 aliphatic rings. The molecule has 7 heteroatoms. The Morgan fingerprint density at radius 3 is 2.48 bits per heavy atom. The standard InChI is InChI=1S/C16H15F4NOS/c1-4-13-15(21-14(23-13)5-8(2)22)10-6-11(16(18,19)20)9(3)12(17)7-10/h6-7H,4-5H2,1-3H3. The van der Waals surface area contributed by atoms with E-state index in [9.17, 15) is 22.4 Å². The number of ketones is 1. The second kappa shape index (κ2) is 6.39. The zero-order valence-electron chi connectivity index (χ0n) is 12.8. The van der Waals surface area contributed by atoms with Gasteiger partial charge in [-0.3, -0.25) is 4.79 Å². The van der Waals surface area contributed by atoms with Crippen LogP contribution >= 0.6 is 11.3 Å². The second-order valence-corrected chi connectivity index (χ2v) is 6.41. The van der Waals surface area contributed by atoms with Crippen LogP contribution in [-0.2, 0) is 23.8 Å². The lowest BCUT2D eigenvalue weighted by Crippen LogP contribution is -2.09. The molecule has 0 saturated heterocycles. The molecule has 2 rings (SSSR count). The number of halogens is 4. The van der Waals surface area contributed by atoms with Crippen molar-refractivity contribution in [1.82, 2.24) is 4.98 Å². The number of nitrogens with zero attached hydrogens (tertiary/aromatic N) is 1. The molecular weight excluding hydrogens is 330 g/mol. The molecular formula is C16H15F4NOS. The first-order chi connectivity index (χ1) is 10.6. The van der Waals surface area contributed by atoms with Crippen molar-refractivity contribution < 1.29 is 22.4 Å². The first kappa shape index (κ1) is 17.6. The zero-order valence-corrected chi connectivity index (χ0v) is 13.7. The van der Waals surface area contributed by atoms with Crippen molar-refractivity contribution >= 4 is 17.1 Å². The number of Topliss-reactive ketones (excluding diaryl/α,β-unsaturated/α-hetero) is 1. The van der Waals surface area contributed by atoms with E-state index in [0.717, 1.165) is 23.9 Å². The minimum Gasteiger partial charge on any atom is -0.300 e. The van der Waals surface area contributed by atoms with Crippen molar-refractivity contribution in [3.63, 3.8) is 0 Å². The average molecular weight is 345 g/mol. The Kier molecular flexibility index (Phi) is 4.89. The molecule has 0 saturated carbocycles. The zero-order chi connectivity index (χ0) is 17.4. The van der Waals surface area contributed by atoms with Crippen LogP contribution in [0.5, 0.6) is 0 Å². The number of carbonyl (C=O) groups is 1. The molecule has 0 spiro atoms. The van der Waals surface area contributed by atoms with E-state index in [0.29, 0.717) is 17.1 Å². The summed E-state index contributed by atoms with van der Waals surface area (Å²) in [5.41, 5.74) is -1.03. The predicted octanol–water partition coefficient (Wildman–Crippen LogP) is 4.97. The molecule has 2 aromatic rings. The van der Waals surface area contributed by atoms with Gasteiger partial charge in [0.05, 0.1) is 17.7 Å². The van der Waals surface area contributed by atoms with E-state index in [2.05, 4.69) is 4.98 Å². The molecule has 0 aliphatic heterocycles. The highest BCUT2D eigenvalue weighted by Crippen LogP contribution is 2.37.